The van der Waals surface area contributed by atoms with E-state index in [2.05, 4.69) is 18.5 Å². The molecule has 0 aliphatic rings. The van der Waals surface area contributed by atoms with Crippen LogP contribution in [-0.4, -0.2) is 39.0 Å². The second-order valence-corrected chi connectivity index (χ2v) is 4.70. The van der Waals surface area contributed by atoms with Gasteiger partial charge in [0.15, 0.2) is 0 Å². The highest BCUT2D eigenvalue weighted by molar-refractivity contribution is 8.14. The minimum absolute atomic E-state index is 0.109. The summed E-state index contributed by atoms with van der Waals surface area (Å²) >= 11 is 0.728. The highest BCUT2D eigenvalue weighted by atomic mass is 32.2. The molecule has 1 aromatic carbocycles. The summed E-state index contributed by atoms with van der Waals surface area (Å²) in [6.07, 6.45) is 0. The van der Waals surface area contributed by atoms with E-state index in [4.69, 9.17) is 5.11 Å². The Morgan fingerprint density at radius 1 is 1.29 bits per heavy atom. The highest BCUT2D eigenvalue weighted by Crippen LogP contribution is 2.22. The molecule has 6 nitrogen and oxygen atoms in total. The van der Waals surface area contributed by atoms with Gasteiger partial charge in [-0.1, -0.05) is 23.9 Å². The van der Waals surface area contributed by atoms with Crippen LogP contribution < -0.4 is 5.32 Å². The fraction of sp³-hybridized carbons (Fsp3) is 0.214. The molecule has 7 heteroatoms. The average Bonchev–Trinajstić information content (AvgIpc) is 2.45. The molecular weight excluding hydrogens is 294 g/mol. The first kappa shape index (κ1) is 18.7. The van der Waals surface area contributed by atoms with Crippen LogP contribution in [0.15, 0.2) is 37.4 Å². The molecule has 0 heterocycles. The van der Waals surface area contributed by atoms with Gasteiger partial charge in [0.25, 0.3) is 0 Å². The Kier molecular flexibility index (Phi) is 8.55. The standard InChI is InChI=1S/C12H13NO5S.C2H4/c1-7(14)13-9(11(16)17)6-19-12(18)8-4-2-3-5-10(8)15;1-2/h2-5,9,15H,6H2,1H3,(H,13,14)(H,16,17);1-2H2. The Bertz CT molecular complexity index is 518. The Morgan fingerprint density at radius 3 is 2.33 bits per heavy atom. The lowest BCUT2D eigenvalue weighted by Gasteiger charge is -2.12. The molecule has 0 fully saturated rings. The zero-order valence-corrected chi connectivity index (χ0v) is 12.4. The quantitative estimate of drug-likeness (QED) is 0.714. The first-order valence-corrected chi connectivity index (χ1v) is 6.85. The third-order valence-corrected chi connectivity index (χ3v) is 3.16. The lowest BCUT2D eigenvalue weighted by molar-refractivity contribution is -0.140. The van der Waals surface area contributed by atoms with Crippen molar-refractivity contribution in [2.75, 3.05) is 5.75 Å². The lowest BCUT2D eigenvalue weighted by Crippen LogP contribution is -2.41. The maximum absolute atomic E-state index is 11.8. The lowest BCUT2D eigenvalue weighted by atomic mass is 10.2. The van der Waals surface area contributed by atoms with Crippen LogP contribution in [0.25, 0.3) is 0 Å². The van der Waals surface area contributed by atoms with E-state index in [1.165, 1.54) is 19.1 Å². The van der Waals surface area contributed by atoms with Crippen molar-refractivity contribution in [2.45, 2.75) is 13.0 Å². The van der Waals surface area contributed by atoms with E-state index in [9.17, 15) is 19.5 Å². The zero-order valence-electron chi connectivity index (χ0n) is 11.5. The number of phenolic OH excluding ortho intramolecular Hbond substituents is 1. The van der Waals surface area contributed by atoms with E-state index in [1.807, 2.05) is 0 Å². The number of hydrogen-bond donors (Lipinski definition) is 3. The largest absolute Gasteiger partial charge is 0.507 e. The third-order valence-electron chi connectivity index (χ3n) is 2.18. The molecule has 1 aromatic rings. The van der Waals surface area contributed by atoms with Gasteiger partial charge < -0.3 is 15.5 Å². The van der Waals surface area contributed by atoms with E-state index >= 15 is 0 Å². The van der Waals surface area contributed by atoms with Gasteiger partial charge in [0.1, 0.15) is 11.8 Å². The average molecular weight is 311 g/mol. The van der Waals surface area contributed by atoms with Crippen molar-refractivity contribution in [3.05, 3.63) is 43.0 Å². The monoisotopic (exact) mass is 311 g/mol. The van der Waals surface area contributed by atoms with E-state index in [0.29, 0.717) is 0 Å². The van der Waals surface area contributed by atoms with Crippen LogP contribution in [0.5, 0.6) is 5.75 Å². The molecule has 114 valence electrons. The van der Waals surface area contributed by atoms with E-state index in [-0.39, 0.29) is 17.1 Å². The van der Waals surface area contributed by atoms with E-state index in [1.54, 1.807) is 12.1 Å². The number of aliphatic carboxylic acids is 1. The van der Waals surface area contributed by atoms with Gasteiger partial charge in [-0.05, 0) is 12.1 Å². The normalized spacial score (nSPS) is 10.7. The summed E-state index contributed by atoms with van der Waals surface area (Å²) in [5.74, 6) is -1.97. The number of para-hydroxylation sites is 1. The summed E-state index contributed by atoms with van der Waals surface area (Å²) in [7, 11) is 0. The third kappa shape index (κ3) is 6.62. The zero-order chi connectivity index (χ0) is 16.4. The van der Waals surface area contributed by atoms with Gasteiger partial charge in [-0.2, -0.15) is 0 Å². The SMILES string of the molecule is C=C.CC(=O)NC(CSC(=O)c1ccccc1O)C(=O)O. The first-order chi connectivity index (χ1) is 9.91. The second-order valence-electron chi connectivity index (χ2n) is 3.71. The Hall–Kier alpha value is -2.28. The molecule has 0 saturated carbocycles. The van der Waals surface area contributed by atoms with Crippen molar-refractivity contribution in [3.8, 4) is 5.75 Å². The number of aromatic hydroxyl groups is 1. The number of amides is 1. The molecule has 0 aromatic heterocycles. The van der Waals surface area contributed by atoms with Crippen molar-refractivity contribution in [3.63, 3.8) is 0 Å². The van der Waals surface area contributed by atoms with Crippen LogP contribution in [0.2, 0.25) is 0 Å². The van der Waals surface area contributed by atoms with Crippen molar-refractivity contribution in [1.29, 1.82) is 0 Å². The van der Waals surface area contributed by atoms with Crippen LogP contribution >= 0.6 is 11.8 Å². The van der Waals surface area contributed by atoms with Crippen molar-refractivity contribution in [2.24, 2.45) is 0 Å². The summed E-state index contributed by atoms with van der Waals surface area (Å²) in [6, 6.07) is 4.84. The van der Waals surface area contributed by atoms with Crippen LogP contribution in [0.4, 0.5) is 0 Å². The number of benzene rings is 1. The Labute approximate surface area is 126 Å². The number of rotatable bonds is 5. The molecule has 1 atom stereocenters. The minimum atomic E-state index is -1.22. The molecule has 1 rings (SSSR count). The topological polar surface area (TPSA) is 104 Å². The van der Waals surface area contributed by atoms with E-state index in [0.717, 1.165) is 11.8 Å². The van der Waals surface area contributed by atoms with Gasteiger partial charge in [0.05, 0.1) is 5.56 Å². The number of hydrogen-bond acceptors (Lipinski definition) is 5. The van der Waals surface area contributed by atoms with Gasteiger partial charge in [-0.3, -0.25) is 9.59 Å². The predicted molar refractivity (Wildman–Crippen MR) is 81.4 cm³/mol. The maximum Gasteiger partial charge on any atom is 0.327 e. The molecule has 3 N–H and O–H groups in total. The molecule has 0 bridgehead atoms. The molecule has 21 heavy (non-hydrogen) atoms. The van der Waals surface area contributed by atoms with Gasteiger partial charge in [-0.15, -0.1) is 13.2 Å². The van der Waals surface area contributed by atoms with Crippen molar-refractivity contribution in [1.82, 2.24) is 5.32 Å². The Balaban J connectivity index is 0.00000191. The Morgan fingerprint density at radius 2 is 1.86 bits per heavy atom. The number of phenols is 1. The molecule has 0 radical (unpaired) electrons. The molecule has 0 aliphatic carbocycles. The predicted octanol–water partition coefficient (Wildman–Crippen LogP) is 1.66. The summed E-state index contributed by atoms with van der Waals surface area (Å²) in [5, 5.41) is 20.1. The molecule has 1 unspecified atom stereocenters. The number of nitrogens with one attached hydrogen (secondary N) is 1. The summed E-state index contributed by atoms with van der Waals surface area (Å²) in [5.41, 5.74) is 0.111. The maximum atomic E-state index is 11.8. The highest BCUT2D eigenvalue weighted by Gasteiger charge is 2.21. The van der Waals surface area contributed by atoms with Crippen molar-refractivity contribution < 1.29 is 24.6 Å². The fourth-order valence-electron chi connectivity index (χ4n) is 1.30. The number of carbonyl (C=O) groups excluding carboxylic acids is 2. The number of thioether (sulfide) groups is 1. The van der Waals surface area contributed by atoms with Crippen LogP contribution in [0.3, 0.4) is 0 Å². The second kappa shape index (κ2) is 9.60. The number of carboxylic acids is 1. The van der Waals surface area contributed by atoms with Crippen LogP contribution in [0.1, 0.15) is 17.3 Å². The molecular formula is C14H17NO5S. The summed E-state index contributed by atoms with van der Waals surface area (Å²) < 4.78 is 0. The smallest absolute Gasteiger partial charge is 0.327 e. The van der Waals surface area contributed by atoms with Gasteiger partial charge in [0, 0.05) is 12.7 Å². The molecule has 0 spiro atoms. The van der Waals surface area contributed by atoms with Gasteiger partial charge in [0.2, 0.25) is 11.0 Å². The van der Waals surface area contributed by atoms with Crippen LogP contribution in [0, 0.1) is 0 Å². The van der Waals surface area contributed by atoms with Crippen LogP contribution in [-0.2, 0) is 9.59 Å². The molecule has 1 amide bonds. The van der Waals surface area contributed by atoms with E-state index < -0.39 is 23.0 Å². The molecule has 0 aliphatic heterocycles. The first-order valence-electron chi connectivity index (χ1n) is 5.87. The number of carboxylic acid groups (broad SMARTS) is 1. The summed E-state index contributed by atoms with van der Waals surface area (Å²) in [6.45, 7) is 7.20. The summed E-state index contributed by atoms with van der Waals surface area (Å²) in [4.78, 5) is 33.5. The number of carbonyl (C=O) groups is 3. The van der Waals surface area contributed by atoms with Crippen molar-refractivity contribution >= 4 is 28.8 Å². The fourth-order valence-corrected chi connectivity index (χ4v) is 2.18. The van der Waals surface area contributed by atoms with Gasteiger partial charge >= 0.3 is 5.97 Å². The minimum Gasteiger partial charge on any atom is -0.507 e. The molecule has 0 saturated heterocycles. The van der Waals surface area contributed by atoms with Gasteiger partial charge in [-0.25, -0.2) is 4.79 Å².